The second kappa shape index (κ2) is 9.86. The van der Waals surface area contributed by atoms with Crippen LogP contribution in [0.1, 0.15) is 25.5 Å². The van der Waals surface area contributed by atoms with Crippen molar-refractivity contribution < 1.29 is 14.3 Å². The van der Waals surface area contributed by atoms with E-state index in [9.17, 15) is 9.59 Å². The monoisotopic (exact) mass is 377 g/mol. The van der Waals surface area contributed by atoms with Crippen LogP contribution in [-0.2, 0) is 11.2 Å². The number of amides is 1. The van der Waals surface area contributed by atoms with E-state index < -0.39 is 0 Å². The van der Waals surface area contributed by atoms with Gasteiger partial charge in [0.25, 0.3) is 5.56 Å². The Morgan fingerprint density at radius 2 is 2.08 bits per heavy atom. The normalized spacial score (nSPS) is 10.4. The topological polar surface area (TPSA) is 93.3 Å². The Kier molecular flexibility index (Phi) is 7.53. The van der Waals surface area contributed by atoms with Crippen LogP contribution in [0.25, 0.3) is 0 Å². The molecule has 1 amide bonds. The molecule has 0 unspecified atom stereocenters. The summed E-state index contributed by atoms with van der Waals surface area (Å²) < 4.78 is 10.4. The molecule has 2 rings (SSSR count). The number of H-pyrrole nitrogens is 1. The molecule has 0 aliphatic carbocycles. The molecule has 1 heterocycles. The minimum Gasteiger partial charge on any atom is -0.497 e. The van der Waals surface area contributed by atoms with Gasteiger partial charge in [0.1, 0.15) is 11.5 Å². The van der Waals surface area contributed by atoms with E-state index in [0.29, 0.717) is 22.3 Å². The Bertz CT molecular complexity index is 807. The van der Waals surface area contributed by atoms with Gasteiger partial charge in [-0.1, -0.05) is 25.1 Å². The third-order valence-electron chi connectivity index (χ3n) is 3.58. The number of hydrogen-bond acceptors (Lipinski definition) is 6. The third kappa shape index (κ3) is 5.80. The molecule has 0 spiro atoms. The summed E-state index contributed by atoms with van der Waals surface area (Å²) in [7, 11) is 3.08. The number of nitrogens with zero attached hydrogens (tertiary/aromatic N) is 1. The van der Waals surface area contributed by atoms with E-state index in [0.717, 1.165) is 25.0 Å². The predicted octanol–water partition coefficient (Wildman–Crippen LogP) is 2.86. The van der Waals surface area contributed by atoms with Gasteiger partial charge in [-0.3, -0.25) is 9.59 Å². The molecular weight excluding hydrogens is 354 g/mol. The number of aromatic nitrogens is 2. The van der Waals surface area contributed by atoms with Crippen LogP contribution in [0.3, 0.4) is 0 Å². The second-order valence-electron chi connectivity index (χ2n) is 5.55. The van der Waals surface area contributed by atoms with Crippen molar-refractivity contribution in [2.24, 2.45) is 0 Å². The molecule has 7 nitrogen and oxygen atoms in total. The van der Waals surface area contributed by atoms with E-state index in [-0.39, 0.29) is 17.2 Å². The van der Waals surface area contributed by atoms with Crippen LogP contribution in [0.4, 0.5) is 5.69 Å². The number of aromatic amines is 1. The molecule has 0 aliphatic rings. The fourth-order valence-corrected chi connectivity index (χ4v) is 2.96. The Balaban J connectivity index is 2.01. The Morgan fingerprint density at radius 3 is 2.77 bits per heavy atom. The molecule has 0 aliphatic heterocycles. The number of methoxy groups -OCH3 is 2. The lowest BCUT2D eigenvalue weighted by Crippen LogP contribution is -2.16. The maximum absolute atomic E-state index is 12.2. The SMILES string of the molecule is CCCCc1cc(=O)[nH]c(SCC(=O)Nc2cc(OC)ccc2OC)n1. The number of anilines is 1. The smallest absolute Gasteiger partial charge is 0.251 e. The van der Waals surface area contributed by atoms with E-state index >= 15 is 0 Å². The number of ether oxygens (including phenoxy) is 2. The zero-order valence-electron chi connectivity index (χ0n) is 15.1. The highest BCUT2D eigenvalue weighted by Gasteiger charge is 2.11. The summed E-state index contributed by atoms with van der Waals surface area (Å²) in [6, 6.07) is 6.66. The number of nitrogens with one attached hydrogen (secondary N) is 2. The van der Waals surface area contributed by atoms with E-state index in [4.69, 9.17) is 9.47 Å². The van der Waals surface area contributed by atoms with Crippen molar-refractivity contribution in [1.29, 1.82) is 0 Å². The minimum absolute atomic E-state index is 0.112. The number of thioether (sulfide) groups is 1. The number of unbranched alkanes of at least 4 members (excludes halogenated alkanes) is 1. The quantitative estimate of drug-likeness (QED) is 0.516. The molecule has 0 radical (unpaired) electrons. The lowest BCUT2D eigenvalue weighted by Gasteiger charge is -2.11. The van der Waals surface area contributed by atoms with Crippen molar-refractivity contribution in [2.45, 2.75) is 31.3 Å². The summed E-state index contributed by atoms with van der Waals surface area (Å²) in [4.78, 5) is 31.0. The average Bonchev–Trinajstić information content (AvgIpc) is 2.64. The summed E-state index contributed by atoms with van der Waals surface area (Å²) >= 11 is 1.18. The number of aryl methyl sites for hydroxylation is 1. The summed E-state index contributed by atoms with van der Waals surface area (Å²) in [5.41, 5.74) is 1.06. The standard InChI is InChI=1S/C18H23N3O4S/c1-4-5-6-12-9-16(22)21-18(19-12)26-11-17(23)20-14-10-13(24-2)7-8-15(14)25-3/h7-10H,4-6,11H2,1-3H3,(H,20,23)(H,19,21,22). The van der Waals surface area contributed by atoms with E-state index in [2.05, 4.69) is 22.2 Å². The van der Waals surface area contributed by atoms with Crippen LogP contribution in [0, 0.1) is 0 Å². The third-order valence-corrected chi connectivity index (χ3v) is 4.45. The molecule has 0 saturated carbocycles. The molecule has 140 valence electrons. The molecule has 0 saturated heterocycles. The van der Waals surface area contributed by atoms with Crippen molar-refractivity contribution in [1.82, 2.24) is 9.97 Å². The van der Waals surface area contributed by atoms with Crippen LogP contribution >= 0.6 is 11.8 Å². The van der Waals surface area contributed by atoms with E-state index in [1.165, 1.54) is 24.9 Å². The highest BCUT2D eigenvalue weighted by atomic mass is 32.2. The second-order valence-corrected chi connectivity index (χ2v) is 6.51. The van der Waals surface area contributed by atoms with Crippen LogP contribution in [0.5, 0.6) is 11.5 Å². The van der Waals surface area contributed by atoms with Crippen LogP contribution in [-0.4, -0.2) is 35.8 Å². The summed E-state index contributed by atoms with van der Waals surface area (Å²) in [5.74, 6) is 1.03. The fourth-order valence-electron chi connectivity index (χ4n) is 2.27. The molecule has 2 aromatic rings. The largest absolute Gasteiger partial charge is 0.497 e. The lowest BCUT2D eigenvalue weighted by atomic mass is 10.2. The number of benzene rings is 1. The lowest BCUT2D eigenvalue weighted by molar-refractivity contribution is -0.113. The molecule has 0 atom stereocenters. The van der Waals surface area contributed by atoms with Gasteiger partial charge in [0, 0.05) is 17.8 Å². The zero-order chi connectivity index (χ0) is 18.9. The number of rotatable bonds is 9. The molecule has 1 aromatic heterocycles. The number of hydrogen-bond donors (Lipinski definition) is 2. The Labute approximate surface area is 156 Å². The summed E-state index contributed by atoms with van der Waals surface area (Å²) in [6.45, 7) is 2.08. The van der Waals surface area contributed by atoms with Crippen molar-refractivity contribution in [3.05, 3.63) is 40.3 Å². The summed E-state index contributed by atoms with van der Waals surface area (Å²) in [5, 5.41) is 3.23. The fraction of sp³-hybridized carbons (Fsp3) is 0.389. The zero-order valence-corrected chi connectivity index (χ0v) is 15.9. The highest BCUT2D eigenvalue weighted by Crippen LogP contribution is 2.29. The van der Waals surface area contributed by atoms with Crippen molar-refractivity contribution >= 4 is 23.4 Å². The van der Waals surface area contributed by atoms with Crippen LogP contribution < -0.4 is 20.3 Å². The van der Waals surface area contributed by atoms with Gasteiger partial charge in [-0.2, -0.15) is 0 Å². The van der Waals surface area contributed by atoms with Crippen LogP contribution in [0.2, 0.25) is 0 Å². The van der Waals surface area contributed by atoms with Gasteiger partial charge in [-0.15, -0.1) is 0 Å². The van der Waals surface area contributed by atoms with E-state index in [1.54, 1.807) is 25.3 Å². The predicted molar refractivity (Wildman–Crippen MR) is 102 cm³/mol. The van der Waals surface area contributed by atoms with Gasteiger partial charge >= 0.3 is 0 Å². The molecule has 8 heteroatoms. The van der Waals surface area contributed by atoms with Gasteiger partial charge in [0.15, 0.2) is 5.16 Å². The van der Waals surface area contributed by atoms with Crippen molar-refractivity contribution in [3.8, 4) is 11.5 Å². The highest BCUT2D eigenvalue weighted by molar-refractivity contribution is 7.99. The van der Waals surface area contributed by atoms with Gasteiger partial charge in [-0.25, -0.2) is 4.98 Å². The van der Waals surface area contributed by atoms with Gasteiger partial charge < -0.3 is 19.8 Å². The van der Waals surface area contributed by atoms with Crippen LogP contribution in [0.15, 0.2) is 34.2 Å². The van der Waals surface area contributed by atoms with Gasteiger partial charge in [-0.05, 0) is 25.0 Å². The summed E-state index contributed by atoms with van der Waals surface area (Å²) in [6.07, 6.45) is 2.75. The minimum atomic E-state index is -0.233. The first-order chi connectivity index (χ1) is 12.5. The Hall–Kier alpha value is -2.48. The van der Waals surface area contributed by atoms with E-state index in [1.807, 2.05) is 0 Å². The molecule has 0 bridgehead atoms. The average molecular weight is 377 g/mol. The molecule has 26 heavy (non-hydrogen) atoms. The number of carbonyl (C=O) groups excluding carboxylic acids is 1. The molecule has 0 fully saturated rings. The first-order valence-corrected chi connectivity index (χ1v) is 9.29. The molecular formula is C18H23N3O4S. The maximum Gasteiger partial charge on any atom is 0.251 e. The Morgan fingerprint density at radius 1 is 1.27 bits per heavy atom. The first kappa shape index (κ1) is 19.8. The van der Waals surface area contributed by atoms with Gasteiger partial charge in [0.05, 0.1) is 25.7 Å². The molecule has 2 N–H and O–H groups in total. The van der Waals surface area contributed by atoms with Crippen molar-refractivity contribution in [2.75, 3.05) is 25.3 Å². The number of carbonyl (C=O) groups is 1. The maximum atomic E-state index is 12.2. The first-order valence-electron chi connectivity index (χ1n) is 8.30. The van der Waals surface area contributed by atoms with Crippen molar-refractivity contribution in [3.63, 3.8) is 0 Å². The van der Waals surface area contributed by atoms with Gasteiger partial charge in [0.2, 0.25) is 5.91 Å². The molecule has 1 aromatic carbocycles.